The molecule has 4 aromatic rings. The topological polar surface area (TPSA) is 165 Å². The van der Waals surface area contributed by atoms with Crippen molar-refractivity contribution < 1.29 is 19.2 Å². The Hall–Kier alpha value is -4.84. The highest BCUT2D eigenvalue weighted by atomic mass is 35.5. The number of hydrogen-bond donors (Lipinski definition) is 3. The van der Waals surface area contributed by atoms with Crippen LogP contribution >= 0.6 is 11.6 Å². The van der Waals surface area contributed by atoms with Crippen molar-refractivity contribution in [1.29, 1.82) is 0 Å². The van der Waals surface area contributed by atoms with Crippen LogP contribution in [0.5, 0.6) is 0 Å². The van der Waals surface area contributed by atoms with Gasteiger partial charge in [-0.05, 0) is 67.6 Å². The molecule has 0 radical (unpaired) electrons. The van der Waals surface area contributed by atoms with Gasteiger partial charge in [-0.25, -0.2) is 4.98 Å². The Balaban J connectivity index is 1.25. The number of amides is 4. The standard InChI is InChI=1S/C28H25ClN8O4/c29-21-2-1-3-22(33-21)34-28(41)25-16-4-6-18(12-16)37(25)23(38)14-36-20-7-5-17(13-19(20)24(35-36)26(30)39)32-27(40)15-8-10-31-11-9-15/h1-3,5,7-11,13,16,18,25H,4,6,12,14H2,(H2,30,39)(H,32,40)(H,33,34,41)/t16-,18+,25-/m0/s1. The number of carbonyl (C=O) groups excluding carboxylic acids is 4. The molecule has 41 heavy (non-hydrogen) atoms. The van der Waals surface area contributed by atoms with Gasteiger partial charge in [0.15, 0.2) is 5.69 Å². The number of carbonyl (C=O) groups is 4. The molecule has 1 aliphatic carbocycles. The third-order valence-electron chi connectivity index (χ3n) is 7.58. The summed E-state index contributed by atoms with van der Waals surface area (Å²) in [5.41, 5.74) is 6.91. The minimum atomic E-state index is -0.773. The summed E-state index contributed by atoms with van der Waals surface area (Å²) >= 11 is 5.96. The van der Waals surface area contributed by atoms with E-state index in [1.165, 1.54) is 17.1 Å². The Bertz CT molecular complexity index is 1690. The highest BCUT2D eigenvalue weighted by Gasteiger charge is 2.51. The molecule has 208 valence electrons. The first-order chi connectivity index (χ1) is 19.8. The monoisotopic (exact) mass is 572 g/mol. The van der Waals surface area contributed by atoms with Crippen LogP contribution in [0.3, 0.4) is 0 Å². The highest BCUT2D eigenvalue weighted by Crippen LogP contribution is 2.43. The smallest absolute Gasteiger partial charge is 0.269 e. The van der Waals surface area contributed by atoms with Gasteiger partial charge in [0, 0.05) is 35.1 Å². The average molecular weight is 573 g/mol. The van der Waals surface area contributed by atoms with Crippen molar-refractivity contribution >= 4 is 57.6 Å². The SMILES string of the molecule is NC(=O)c1nn(CC(=O)N2[C@@H]3CC[C@@H](C3)[C@H]2C(=O)Nc2cccc(Cl)n2)c2ccc(NC(=O)c3ccncc3)cc12. The van der Waals surface area contributed by atoms with Crippen LogP contribution in [0.25, 0.3) is 10.9 Å². The van der Waals surface area contributed by atoms with E-state index >= 15 is 0 Å². The molecule has 1 aromatic carbocycles. The maximum Gasteiger partial charge on any atom is 0.269 e. The molecule has 2 bridgehead atoms. The summed E-state index contributed by atoms with van der Waals surface area (Å²) in [4.78, 5) is 61.5. The van der Waals surface area contributed by atoms with E-state index in [4.69, 9.17) is 17.3 Å². The number of primary amides is 1. The van der Waals surface area contributed by atoms with Gasteiger partial charge in [-0.15, -0.1) is 0 Å². The van der Waals surface area contributed by atoms with Gasteiger partial charge >= 0.3 is 0 Å². The number of piperidine rings is 1. The second kappa shape index (κ2) is 10.6. The Morgan fingerprint density at radius 2 is 1.83 bits per heavy atom. The summed E-state index contributed by atoms with van der Waals surface area (Å²) in [6.45, 7) is -0.199. The molecule has 4 heterocycles. The summed E-state index contributed by atoms with van der Waals surface area (Å²) in [6, 6.07) is 12.3. The Labute approximate surface area is 238 Å². The van der Waals surface area contributed by atoms with E-state index in [-0.39, 0.29) is 47.1 Å². The minimum Gasteiger partial charge on any atom is -0.364 e. The first-order valence-corrected chi connectivity index (χ1v) is 13.4. The number of nitrogens with two attached hydrogens (primary N) is 1. The van der Waals surface area contributed by atoms with Crippen LogP contribution in [0.15, 0.2) is 60.9 Å². The molecule has 3 aromatic heterocycles. The molecule has 6 rings (SSSR count). The molecule has 1 aliphatic heterocycles. The molecule has 1 saturated carbocycles. The van der Waals surface area contributed by atoms with Crippen LogP contribution in [0.4, 0.5) is 11.5 Å². The van der Waals surface area contributed by atoms with Gasteiger partial charge in [0.05, 0.1) is 5.52 Å². The number of nitrogens with one attached hydrogen (secondary N) is 2. The molecule has 2 fully saturated rings. The van der Waals surface area contributed by atoms with Crippen molar-refractivity contribution in [2.24, 2.45) is 11.7 Å². The van der Waals surface area contributed by atoms with Crippen molar-refractivity contribution in [1.82, 2.24) is 24.6 Å². The normalized spacial score (nSPS) is 19.3. The number of rotatable bonds is 7. The van der Waals surface area contributed by atoms with Gasteiger partial charge in [0.1, 0.15) is 23.6 Å². The quantitative estimate of drug-likeness (QED) is 0.286. The van der Waals surface area contributed by atoms with E-state index in [0.717, 1.165) is 19.3 Å². The van der Waals surface area contributed by atoms with Gasteiger partial charge in [-0.1, -0.05) is 17.7 Å². The van der Waals surface area contributed by atoms with Gasteiger partial charge in [0.25, 0.3) is 11.8 Å². The lowest BCUT2D eigenvalue weighted by Gasteiger charge is -2.34. The lowest BCUT2D eigenvalue weighted by atomic mass is 9.97. The molecule has 1 saturated heterocycles. The van der Waals surface area contributed by atoms with Crippen LogP contribution in [0, 0.1) is 5.92 Å². The maximum absolute atomic E-state index is 13.7. The van der Waals surface area contributed by atoms with Gasteiger partial charge in [0.2, 0.25) is 11.8 Å². The molecular weight excluding hydrogens is 548 g/mol. The summed E-state index contributed by atoms with van der Waals surface area (Å²) in [5, 5.41) is 10.5. The highest BCUT2D eigenvalue weighted by molar-refractivity contribution is 6.29. The van der Waals surface area contributed by atoms with Crippen molar-refractivity contribution in [3.8, 4) is 0 Å². The van der Waals surface area contributed by atoms with Crippen molar-refractivity contribution in [2.75, 3.05) is 10.6 Å². The van der Waals surface area contributed by atoms with Crippen LogP contribution in [0.1, 0.15) is 40.1 Å². The largest absolute Gasteiger partial charge is 0.364 e. The van der Waals surface area contributed by atoms with Gasteiger partial charge in [-0.3, -0.25) is 28.8 Å². The summed E-state index contributed by atoms with van der Waals surface area (Å²) in [5.74, 6) is -1.40. The fourth-order valence-electron chi connectivity index (χ4n) is 5.84. The summed E-state index contributed by atoms with van der Waals surface area (Å²) in [6.07, 6.45) is 5.42. The number of anilines is 2. The van der Waals surface area contributed by atoms with Crippen molar-refractivity contribution in [2.45, 2.75) is 37.9 Å². The molecule has 12 nitrogen and oxygen atoms in total. The molecule has 2 aliphatic rings. The Morgan fingerprint density at radius 1 is 1.02 bits per heavy atom. The Morgan fingerprint density at radius 3 is 2.59 bits per heavy atom. The van der Waals surface area contributed by atoms with Crippen molar-refractivity contribution in [3.05, 3.63) is 77.3 Å². The molecule has 3 atom stereocenters. The predicted octanol–water partition coefficient (Wildman–Crippen LogP) is 2.85. The number of nitrogens with zero attached hydrogens (tertiary/aromatic N) is 5. The van der Waals surface area contributed by atoms with Crippen LogP contribution in [0.2, 0.25) is 5.15 Å². The van der Waals surface area contributed by atoms with E-state index in [1.807, 2.05) is 0 Å². The third kappa shape index (κ3) is 5.09. The van der Waals surface area contributed by atoms with E-state index in [2.05, 4.69) is 25.7 Å². The predicted molar refractivity (Wildman–Crippen MR) is 150 cm³/mol. The minimum absolute atomic E-state index is 0.0305. The molecule has 0 spiro atoms. The number of halogens is 1. The number of fused-ring (bicyclic) bond motifs is 3. The number of likely N-dealkylation sites (tertiary alicyclic amines) is 1. The summed E-state index contributed by atoms with van der Waals surface area (Å²) in [7, 11) is 0. The lowest BCUT2D eigenvalue weighted by molar-refractivity contribution is -0.141. The number of hydrogen-bond acceptors (Lipinski definition) is 7. The third-order valence-corrected chi connectivity index (χ3v) is 7.79. The maximum atomic E-state index is 13.7. The molecule has 13 heteroatoms. The number of aromatic nitrogens is 4. The first-order valence-electron chi connectivity index (χ1n) is 13.0. The fourth-order valence-corrected chi connectivity index (χ4v) is 6.00. The first kappa shape index (κ1) is 26.4. The summed E-state index contributed by atoms with van der Waals surface area (Å²) < 4.78 is 1.41. The molecule has 0 unspecified atom stereocenters. The van der Waals surface area contributed by atoms with Gasteiger partial charge in [-0.2, -0.15) is 5.10 Å². The number of pyridine rings is 2. The van der Waals surface area contributed by atoms with E-state index in [0.29, 0.717) is 28.0 Å². The zero-order valence-electron chi connectivity index (χ0n) is 21.7. The van der Waals surface area contributed by atoms with E-state index in [9.17, 15) is 19.2 Å². The average Bonchev–Trinajstić information content (AvgIpc) is 3.67. The van der Waals surface area contributed by atoms with Gasteiger partial charge < -0.3 is 21.3 Å². The second-order valence-electron chi connectivity index (χ2n) is 10.1. The number of benzene rings is 1. The van der Waals surface area contributed by atoms with E-state index < -0.39 is 11.9 Å². The van der Waals surface area contributed by atoms with E-state index in [1.54, 1.807) is 53.4 Å². The Kier molecular flexibility index (Phi) is 6.83. The lowest BCUT2D eigenvalue weighted by Crippen LogP contribution is -2.52. The molecule has 4 N–H and O–H groups in total. The van der Waals surface area contributed by atoms with Crippen LogP contribution in [-0.2, 0) is 16.1 Å². The van der Waals surface area contributed by atoms with Crippen LogP contribution in [-0.4, -0.2) is 60.4 Å². The molecular formula is C28H25ClN8O4. The zero-order chi connectivity index (χ0) is 28.7. The second-order valence-corrected chi connectivity index (χ2v) is 10.5. The van der Waals surface area contributed by atoms with Crippen molar-refractivity contribution in [3.63, 3.8) is 0 Å². The fraction of sp³-hybridized carbons (Fsp3) is 0.250. The zero-order valence-corrected chi connectivity index (χ0v) is 22.4. The molecule has 4 amide bonds. The van der Waals surface area contributed by atoms with Crippen LogP contribution < -0.4 is 16.4 Å².